The van der Waals surface area contributed by atoms with Crippen LogP contribution >= 0.6 is 46.1 Å². The molecule has 4 atom stereocenters. The van der Waals surface area contributed by atoms with Crippen LogP contribution in [0.5, 0.6) is 11.5 Å². The maximum Gasteiger partial charge on any atom is 0.269 e. The van der Waals surface area contributed by atoms with Gasteiger partial charge in [-0.1, -0.05) is 11.6 Å². The number of hydrogen-bond donors (Lipinski definition) is 2. The minimum Gasteiger partial charge on any atom is -0.497 e. The monoisotopic (exact) mass is 634 g/mol. The number of benzene rings is 2. The van der Waals surface area contributed by atoms with E-state index in [4.69, 9.17) is 50.0 Å². The fourth-order valence-electron chi connectivity index (χ4n) is 5.06. The predicted molar refractivity (Wildman–Crippen MR) is 152 cm³/mol. The van der Waals surface area contributed by atoms with Crippen LogP contribution in [0.4, 0.5) is 15.2 Å². The average molecular weight is 636 g/mol. The van der Waals surface area contributed by atoms with E-state index in [0.29, 0.717) is 29.9 Å². The van der Waals surface area contributed by atoms with Crippen molar-refractivity contribution in [1.82, 2.24) is 4.98 Å². The van der Waals surface area contributed by atoms with Crippen LogP contribution in [-0.4, -0.2) is 44.0 Å². The maximum absolute atomic E-state index is 15.5. The largest absolute Gasteiger partial charge is 0.497 e. The molecular weight excluding hydrogens is 610 g/mol. The molecule has 2 aromatic carbocycles. The number of nitrogens with zero attached hydrogens (tertiary/aromatic N) is 2. The van der Waals surface area contributed by atoms with Gasteiger partial charge in [-0.2, -0.15) is 0 Å². The highest BCUT2D eigenvalue weighted by Crippen LogP contribution is 2.65. The Morgan fingerprint density at radius 1 is 1.21 bits per heavy atom. The third kappa shape index (κ3) is 5.37. The van der Waals surface area contributed by atoms with Crippen molar-refractivity contribution in [2.45, 2.75) is 40.7 Å². The lowest BCUT2D eigenvalue weighted by Crippen LogP contribution is -2.43. The Labute approximate surface area is 245 Å². The van der Waals surface area contributed by atoms with E-state index in [1.54, 1.807) is 23.6 Å². The third-order valence-electron chi connectivity index (χ3n) is 7.29. The first-order valence-corrected chi connectivity index (χ1v) is 15.4. The average Bonchev–Trinajstić information content (AvgIpc) is 3.23. The summed E-state index contributed by atoms with van der Waals surface area (Å²) in [6.45, 7) is -0.168. The summed E-state index contributed by atoms with van der Waals surface area (Å²) in [7, 11) is -1.47. The molecule has 3 aromatic rings. The fourth-order valence-corrected chi connectivity index (χ4v) is 8.53. The number of methoxy groups -OCH3 is 2. The lowest BCUT2D eigenvalue weighted by atomic mass is 9.91. The zero-order valence-electron chi connectivity index (χ0n) is 20.9. The molecule has 210 valence electrons. The van der Waals surface area contributed by atoms with Crippen LogP contribution in [0.15, 0.2) is 46.8 Å². The SMILES string of the molecule is COc1ccc(CN(c2nccs2)S(=O)(=O)c2cc(Cl)c(N[C@H]3CC4C(CC3N)C4(Cl)Cl)cc2F)c(OC)c1. The van der Waals surface area contributed by atoms with Crippen molar-refractivity contribution in [3.8, 4) is 11.5 Å². The molecule has 0 aliphatic heterocycles. The number of ether oxygens (including phenoxy) is 2. The second kappa shape index (κ2) is 10.8. The van der Waals surface area contributed by atoms with Gasteiger partial charge in [0.1, 0.15) is 26.5 Å². The van der Waals surface area contributed by atoms with Gasteiger partial charge in [-0.25, -0.2) is 22.1 Å². The molecule has 0 spiro atoms. The maximum atomic E-state index is 15.5. The van der Waals surface area contributed by atoms with E-state index >= 15 is 4.39 Å². The third-order valence-corrected chi connectivity index (χ3v) is 11.4. The fraction of sp³-hybridized carbons (Fsp3) is 0.400. The second-order valence-electron chi connectivity index (χ2n) is 9.54. The van der Waals surface area contributed by atoms with Crippen molar-refractivity contribution in [2.24, 2.45) is 17.6 Å². The van der Waals surface area contributed by atoms with E-state index < -0.39 is 25.1 Å². The van der Waals surface area contributed by atoms with Crippen molar-refractivity contribution < 1.29 is 22.3 Å². The van der Waals surface area contributed by atoms with Gasteiger partial charge in [0.2, 0.25) is 0 Å². The summed E-state index contributed by atoms with van der Waals surface area (Å²) < 4.78 is 54.2. The van der Waals surface area contributed by atoms with Crippen LogP contribution in [0.1, 0.15) is 18.4 Å². The molecular formula is C25H26Cl3FN4O4S2. The number of thiazole rings is 1. The minimum atomic E-state index is -4.45. The summed E-state index contributed by atoms with van der Waals surface area (Å²) >= 11 is 20.3. The first kappa shape index (κ1) is 28.5. The Kier molecular flexibility index (Phi) is 7.86. The lowest BCUT2D eigenvalue weighted by molar-refractivity contribution is 0.387. The van der Waals surface area contributed by atoms with Gasteiger partial charge in [0.05, 0.1) is 31.5 Å². The smallest absolute Gasteiger partial charge is 0.269 e. The summed E-state index contributed by atoms with van der Waals surface area (Å²) in [6.07, 6.45) is 2.69. The van der Waals surface area contributed by atoms with Crippen LogP contribution in [-0.2, 0) is 16.6 Å². The molecule has 0 amide bonds. The molecule has 0 bridgehead atoms. The van der Waals surface area contributed by atoms with Gasteiger partial charge in [-0.15, -0.1) is 34.5 Å². The molecule has 8 nitrogen and oxygen atoms in total. The van der Waals surface area contributed by atoms with Crippen molar-refractivity contribution in [1.29, 1.82) is 0 Å². The zero-order chi connectivity index (χ0) is 28.1. The number of hydrogen-bond acceptors (Lipinski definition) is 8. The van der Waals surface area contributed by atoms with E-state index in [9.17, 15) is 8.42 Å². The summed E-state index contributed by atoms with van der Waals surface area (Å²) in [4.78, 5) is 3.58. The van der Waals surface area contributed by atoms with E-state index in [-0.39, 0.29) is 46.3 Å². The Morgan fingerprint density at radius 2 is 1.95 bits per heavy atom. The number of rotatable bonds is 9. The molecule has 0 radical (unpaired) electrons. The first-order chi connectivity index (χ1) is 18.5. The van der Waals surface area contributed by atoms with Crippen molar-refractivity contribution in [2.75, 3.05) is 23.8 Å². The summed E-state index contributed by atoms with van der Waals surface area (Å²) in [5, 5.41) is 4.99. The van der Waals surface area contributed by atoms with E-state index in [1.165, 1.54) is 20.4 Å². The number of alkyl halides is 2. The summed E-state index contributed by atoms with van der Waals surface area (Å²) in [5.74, 6) is 0.197. The number of sulfonamides is 1. The molecule has 1 aromatic heterocycles. The number of nitrogens with one attached hydrogen (secondary N) is 1. The van der Waals surface area contributed by atoms with Gasteiger partial charge >= 0.3 is 0 Å². The summed E-state index contributed by atoms with van der Waals surface area (Å²) in [5.41, 5.74) is 7.08. The first-order valence-electron chi connectivity index (χ1n) is 12.0. The van der Waals surface area contributed by atoms with Crippen LogP contribution in [0.3, 0.4) is 0 Å². The van der Waals surface area contributed by atoms with Gasteiger partial charge in [0, 0.05) is 35.3 Å². The number of anilines is 2. The highest BCUT2D eigenvalue weighted by molar-refractivity contribution is 7.93. The van der Waals surface area contributed by atoms with Gasteiger partial charge in [-0.3, -0.25) is 0 Å². The Balaban J connectivity index is 1.45. The Bertz CT molecular complexity index is 1480. The van der Waals surface area contributed by atoms with Gasteiger partial charge < -0.3 is 20.5 Å². The van der Waals surface area contributed by atoms with Gasteiger partial charge in [-0.05, 0) is 48.9 Å². The topological polar surface area (TPSA) is 107 Å². The van der Waals surface area contributed by atoms with Crippen LogP contribution in [0.2, 0.25) is 5.02 Å². The molecule has 0 saturated heterocycles. The molecule has 5 rings (SSSR count). The number of halogens is 4. The molecule has 2 aliphatic carbocycles. The molecule has 39 heavy (non-hydrogen) atoms. The quantitative estimate of drug-likeness (QED) is 0.292. The molecule has 2 fully saturated rings. The van der Waals surface area contributed by atoms with Crippen molar-refractivity contribution in [3.05, 3.63) is 58.3 Å². The van der Waals surface area contributed by atoms with Gasteiger partial charge in [0.15, 0.2) is 5.13 Å². The number of aromatic nitrogens is 1. The van der Waals surface area contributed by atoms with Crippen LogP contribution in [0, 0.1) is 17.7 Å². The Morgan fingerprint density at radius 3 is 2.62 bits per heavy atom. The highest BCUT2D eigenvalue weighted by atomic mass is 35.5. The van der Waals surface area contributed by atoms with E-state index in [1.807, 2.05) is 0 Å². The minimum absolute atomic E-state index is 0.0317. The van der Waals surface area contributed by atoms with E-state index in [2.05, 4.69) is 10.3 Å². The predicted octanol–water partition coefficient (Wildman–Crippen LogP) is 5.67. The van der Waals surface area contributed by atoms with Crippen molar-refractivity contribution >= 4 is 67.0 Å². The standard InChI is InChI=1S/C25H26Cl3FN4O4S2/c1-36-14-4-3-13(22(7-14)37-2)12-33(24-31-5-6-38-24)39(34,35)23-10-17(26)20(11-18(23)29)32-21-9-16-15(8-19(21)30)25(16,27)28/h3-7,10-11,15-16,19,21,32H,8-9,12,30H2,1-2H3/t15?,16?,19?,21-/m0/s1. The summed E-state index contributed by atoms with van der Waals surface area (Å²) in [6, 6.07) is 6.65. The second-order valence-corrected chi connectivity index (χ2v) is 14.1. The number of fused-ring (bicyclic) bond motifs is 1. The zero-order valence-corrected chi connectivity index (χ0v) is 24.8. The van der Waals surface area contributed by atoms with Crippen LogP contribution < -0.4 is 24.8 Å². The van der Waals surface area contributed by atoms with Crippen LogP contribution in [0.25, 0.3) is 0 Å². The molecule has 14 heteroatoms. The normalized spacial score (nSPS) is 23.6. The van der Waals surface area contributed by atoms with Crippen molar-refractivity contribution in [3.63, 3.8) is 0 Å². The molecule has 2 saturated carbocycles. The molecule has 2 aliphatic rings. The molecule has 3 unspecified atom stereocenters. The lowest BCUT2D eigenvalue weighted by Gasteiger charge is -2.30. The number of nitrogens with two attached hydrogens (primary N) is 1. The Hall–Kier alpha value is -2.02. The van der Waals surface area contributed by atoms with Gasteiger partial charge in [0.25, 0.3) is 10.0 Å². The highest BCUT2D eigenvalue weighted by Gasteiger charge is 2.65. The molecule has 1 heterocycles. The molecule has 3 N–H and O–H groups in total. The van der Waals surface area contributed by atoms with E-state index in [0.717, 1.165) is 27.8 Å².